The third-order valence-electron chi connectivity index (χ3n) is 1.53. The number of anilines is 1. The first kappa shape index (κ1) is 9.42. The molecular weight excluding hydrogens is 221 g/mol. The zero-order chi connectivity index (χ0) is 9.97. The van der Waals surface area contributed by atoms with E-state index in [0.717, 1.165) is 0 Å². The number of nitrogens with zero attached hydrogens (tertiary/aromatic N) is 2. The molecule has 14 heavy (non-hydrogen) atoms. The van der Waals surface area contributed by atoms with Crippen LogP contribution in [0.25, 0.3) is 0 Å². The van der Waals surface area contributed by atoms with Crippen LogP contribution in [0.2, 0.25) is 0 Å². The summed E-state index contributed by atoms with van der Waals surface area (Å²) in [4.78, 5) is 0.407. The lowest BCUT2D eigenvalue weighted by Crippen LogP contribution is -1.91. The Morgan fingerprint density at radius 2 is 2.29 bits per heavy atom. The van der Waals surface area contributed by atoms with Gasteiger partial charge in [-0.2, -0.15) is 0 Å². The lowest BCUT2D eigenvalue weighted by Gasteiger charge is -2.02. The van der Waals surface area contributed by atoms with Gasteiger partial charge in [-0.05, 0) is 12.1 Å². The largest absolute Gasteiger partial charge is 0.398 e. The summed E-state index contributed by atoms with van der Waals surface area (Å²) in [5.74, 6) is -0.329. The molecule has 0 saturated carbocycles. The highest BCUT2D eigenvalue weighted by Gasteiger charge is 2.09. The average molecular weight is 227 g/mol. The van der Waals surface area contributed by atoms with Crippen molar-refractivity contribution in [2.75, 3.05) is 5.73 Å². The summed E-state index contributed by atoms with van der Waals surface area (Å²) in [7, 11) is 0. The predicted octanol–water partition coefficient (Wildman–Crippen LogP) is 2.41. The van der Waals surface area contributed by atoms with Crippen molar-refractivity contribution >= 4 is 28.8 Å². The Hall–Kier alpha value is -1.14. The average Bonchev–Trinajstić information content (AvgIpc) is 2.64. The molecule has 0 amide bonds. The molecular formula is C8H6FN3S2. The van der Waals surface area contributed by atoms with Gasteiger partial charge in [0.2, 0.25) is 0 Å². The first-order valence-electron chi connectivity index (χ1n) is 3.75. The summed E-state index contributed by atoms with van der Waals surface area (Å²) >= 11 is 2.55. The van der Waals surface area contributed by atoms with Gasteiger partial charge in [0.25, 0.3) is 0 Å². The maximum Gasteiger partial charge on any atom is 0.179 e. The van der Waals surface area contributed by atoms with Crippen LogP contribution in [0.4, 0.5) is 10.1 Å². The summed E-state index contributed by atoms with van der Waals surface area (Å²) in [5, 5.41) is 7.47. The maximum atomic E-state index is 13.3. The van der Waals surface area contributed by atoms with Gasteiger partial charge >= 0.3 is 0 Å². The first-order chi connectivity index (χ1) is 6.77. The minimum Gasteiger partial charge on any atom is -0.398 e. The van der Waals surface area contributed by atoms with Crippen molar-refractivity contribution in [2.24, 2.45) is 0 Å². The van der Waals surface area contributed by atoms with Crippen LogP contribution in [0.3, 0.4) is 0 Å². The maximum absolute atomic E-state index is 13.3. The monoisotopic (exact) mass is 227 g/mol. The van der Waals surface area contributed by atoms with E-state index in [2.05, 4.69) is 10.2 Å². The predicted molar refractivity (Wildman–Crippen MR) is 54.8 cm³/mol. The van der Waals surface area contributed by atoms with Gasteiger partial charge in [-0.3, -0.25) is 0 Å². The molecule has 1 aromatic heterocycles. The van der Waals surface area contributed by atoms with E-state index in [-0.39, 0.29) is 5.82 Å². The van der Waals surface area contributed by atoms with Crippen LogP contribution in [0.1, 0.15) is 0 Å². The van der Waals surface area contributed by atoms with Crippen molar-refractivity contribution < 1.29 is 4.39 Å². The van der Waals surface area contributed by atoms with Crippen molar-refractivity contribution in [3.8, 4) is 0 Å². The zero-order valence-electron chi connectivity index (χ0n) is 6.98. The Labute approximate surface area is 88.2 Å². The normalized spacial score (nSPS) is 10.4. The molecule has 0 bridgehead atoms. The second-order valence-electron chi connectivity index (χ2n) is 2.46. The van der Waals surface area contributed by atoms with E-state index in [9.17, 15) is 4.39 Å². The van der Waals surface area contributed by atoms with Gasteiger partial charge in [-0.1, -0.05) is 29.2 Å². The van der Waals surface area contributed by atoms with Crippen molar-refractivity contribution in [3.63, 3.8) is 0 Å². The molecule has 0 radical (unpaired) electrons. The van der Waals surface area contributed by atoms with Gasteiger partial charge in [-0.15, -0.1) is 10.2 Å². The quantitative estimate of drug-likeness (QED) is 0.800. The standard InChI is InChI=1S/C8H6FN3S2/c9-5-2-1-3-6(10)7(5)14-8-12-11-4-13-8/h1-4H,10H2. The van der Waals surface area contributed by atoms with E-state index in [4.69, 9.17) is 5.73 Å². The second kappa shape index (κ2) is 3.93. The van der Waals surface area contributed by atoms with E-state index in [1.165, 1.54) is 29.2 Å². The molecule has 0 unspecified atom stereocenters. The van der Waals surface area contributed by atoms with Crippen LogP contribution in [0.5, 0.6) is 0 Å². The van der Waals surface area contributed by atoms with Gasteiger partial charge in [0.1, 0.15) is 11.3 Å². The van der Waals surface area contributed by atoms with Gasteiger partial charge in [0.15, 0.2) is 4.34 Å². The molecule has 72 valence electrons. The molecule has 2 rings (SSSR count). The summed E-state index contributed by atoms with van der Waals surface area (Å²) in [6.07, 6.45) is 0. The molecule has 2 aromatic rings. The highest BCUT2D eigenvalue weighted by molar-refractivity contribution is 8.01. The highest BCUT2D eigenvalue weighted by atomic mass is 32.2. The molecule has 3 nitrogen and oxygen atoms in total. The van der Waals surface area contributed by atoms with E-state index < -0.39 is 0 Å². The fourth-order valence-corrected chi connectivity index (χ4v) is 2.39. The van der Waals surface area contributed by atoms with E-state index in [0.29, 0.717) is 14.9 Å². The topological polar surface area (TPSA) is 51.8 Å². The minimum atomic E-state index is -0.329. The Bertz CT molecular complexity index is 410. The molecule has 0 aliphatic heterocycles. The molecule has 1 heterocycles. The van der Waals surface area contributed by atoms with Crippen molar-refractivity contribution in [1.29, 1.82) is 0 Å². The third kappa shape index (κ3) is 1.85. The van der Waals surface area contributed by atoms with E-state index >= 15 is 0 Å². The lowest BCUT2D eigenvalue weighted by molar-refractivity contribution is 0.603. The number of nitrogens with two attached hydrogens (primary N) is 1. The summed E-state index contributed by atoms with van der Waals surface area (Å²) in [6, 6.07) is 4.61. The van der Waals surface area contributed by atoms with Crippen LogP contribution in [-0.2, 0) is 0 Å². The number of hydrogen-bond donors (Lipinski definition) is 1. The Kier molecular flexibility index (Phi) is 2.64. The first-order valence-corrected chi connectivity index (χ1v) is 5.45. The van der Waals surface area contributed by atoms with Crippen LogP contribution in [0.15, 0.2) is 32.9 Å². The smallest absolute Gasteiger partial charge is 0.179 e. The Morgan fingerprint density at radius 1 is 1.43 bits per heavy atom. The van der Waals surface area contributed by atoms with Gasteiger partial charge in [0.05, 0.1) is 4.90 Å². The Balaban J connectivity index is 2.33. The number of rotatable bonds is 2. The number of halogens is 1. The van der Waals surface area contributed by atoms with Crippen LogP contribution in [0, 0.1) is 5.82 Å². The molecule has 0 fully saturated rings. The summed E-state index contributed by atoms with van der Waals surface area (Å²) in [6.45, 7) is 0. The van der Waals surface area contributed by atoms with E-state index in [1.807, 2.05) is 0 Å². The second-order valence-corrected chi connectivity index (χ2v) is 4.56. The molecule has 0 aliphatic carbocycles. The fourth-order valence-electron chi connectivity index (χ4n) is 0.928. The summed E-state index contributed by atoms with van der Waals surface area (Å²) in [5.41, 5.74) is 7.65. The number of aromatic nitrogens is 2. The highest BCUT2D eigenvalue weighted by Crippen LogP contribution is 2.34. The minimum absolute atomic E-state index is 0.329. The SMILES string of the molecule is Nc1cccc(F)c1Sc1nncs1. The molecule has 1 aromatic carbocycles. The van der Waals surface area contributed by atoms with Crippen molar-refractivity contribution in [3.05, 3.63) is 29.5 Å². The fraction of sp³-hybridized carbons (Fsp3) is 0. The van der Waals surface area contributed by atoms with Crippen LogP contribution in [-0.4, -0.2) is 10.2 Å². The molecule has 0 aliphatic rings. The molecule has 0 saturated heterocycles. The van der Waals surface area contributed by atoms with Gasteiger partial charge in [-0.25, -0.2) is 4.39 Å². The summed E-state index contributed by atoms with van der Waals surface area (Å²) < 4.78 is 14.0. The zero-order valence-corrected chi connectivity index (χ0v) is 8.61. The third-order valence-corrected chi connectivity index (χ3v) is 3.44. The van der Waals surface area contributed by atoms with E-state index in [1.54, 1.807) is 17.6 Å². The van der Waals surface area contributed by atoms with Gasteiger partial charge < -0.3 is 5.73 Å². The number of nitrogen functional groups attached to an aromatic ring is 1. The van der Waals surface area contributed by atoms with Crippen LogP contribution < -0.4 is 5.73 Å². The molecule has 0 spiro atoms. The van der Waals surface area contributed by atoms with Crippen molar-refractivity contribution in [1.82, 2.24) is 10.2 Å². The van der Waals surface area contributed by atoms with Crippen LogP contribution >= 0.6 is 23.1 Å². The molecule has 2 N–H and O–H groups in total. The lowest BCUT2D eigenvalue weighted by atomic mass is 10.3. The number of hydrogen-bond acceptors (Lipinski definition) is 5. The van der Waals surface area contributed by atoms with Crippen molar-refractivity contribution in [2.45, 2.75) is 9.24 Å². The molecule has 6 heteroatoms. The van der Waals surface area contributed by atoms with Gasteiger partial charge in [0, 0.05) is 5.69 Å². The number of benzene rings is 1. The molecule has 0 atom stereocenters. The Morgan fingerprint density at radius 3 is 2.93 bits per heavy atom.